The topological polar surface area (TPSA) is 83.0 Å². The third kappa shape index (κ3) is 6.59. The number of hydrogen-bond donors (Lipinski definition) is 1. The molecule has 3 aromatic rings. The van der Waals surface area contributed by atoms with E-state index >= 15 is 0 Å². The zero-order chi connectivity index (χ0) is 31.8. The number of nitrogens with zero attached hydrogens (tertiary/aromatic N) is 3. The van der Waals surface area contributed by atoms with Gasteiger partial charge >= 0.3 is 5.97 Å². The molecule has 7 nitrogen and oxygen atoms in total. The Kier molecular flexibility index (Phi) is 8.91. The summed E-state index contributed by atoms with van der Waals surface area (Å²) in [7, 11) is 0. The number of fused-ring (bicyclic) bond motifs is 1. The molecule has 238 valence electrons. The van der Waals surface area contributed by atoms with Crippen LogP contribution in [0.15, 0.2) is 36.4 Å². The Morgan fingerprint density at radius 1 is 1.02 bits per heavy atom. The molecule has 0 spiro atoms. The number of amides is 1. The third-order valence-corrected chi connectivity index (χ3v) is 9.20. The number of aromatic carboxylic acids is 1. The number of benzene rings is 2. The first kappa shape index (κ1) is 31.1. The van der Waals surface area contributed by atoms with Crippen LogP contribution in [-0.2, 0) is 19.4 Å². The van der Waals surface area contributed by atoms with E-state index in [-0.39, 0.29) is 23.6 Å². The molecule has 1 saturated carbocycles. The molecule has 0 radical (unpaired) electrons. The first-order valence-electron chi connectivity index (χ1n) is 16.2. The predicted molar refractivity (Wildman–Crippen MR) is 168 cm³/mol. The van der Waals surface area contributed by atoms with Gasteiger partial charge in [0.05, 0.1) is 28.6 Å². The SMILES string of the molecule is CCCc1nc2c(cc1C(=O)O)C(=O)N(C1CCN(Cc3cc(C4CC4)c(-c4ccc(F)cc4F)cc3OC(C)C)CC1)CC2. The molecule has 1 saturated heterocycles. The summed E-state index contributed by atoms with van der Waals surface area (Å²) in [6.45, 7) is 8.77. The molecule has 2 aliphatic heterocycles. The molecule has 6 rings (SSSR count). The first-order chi connectivity index (χ1) is 21.6. The lowest BCUT2D eigenvalue weighted by atomic mass is 9.92. The summed E-state index contributed by atoms with van der Waals surface area (Å²) in [5.41, 5.74) is 5.08. The number of piperidine rings is 1. The maximum absolute atomic E-state index is 14.9. The fraction of sp³-hybridized carbons (Fsp3) is 0.472. The number of rotatable bonds is 10. The molecule has 0 atom stereocenters. The molecular weight excluding hydrogens is 576 g/mol. The van der Waals surface area contributed by atoms with Crippen LogP contribution >= 0.6 is 0 Å². The van der Waals surface area contributed by atoms with Gasteiger partial charge in [0, 0.05) is 55.8 Å². The standard InChI is InChI=1S/C36H41F2N3O4/c1-4-5-32-30(36(43)44)18-29-33(39-32)12-15-41(35(29)42)25-10-13-40(14-11-25)20-23-16-27(22-6-7-22)28(19-34(23)45-21(2)3)26-9-8-24(37)17-31(26)38/h8-9,16-19,21-22,25H,4-7,10-15,20H2,1-3H3,(H,43,44). The summed E-state index contributed by atoms with van der Waals surface area (Å²) in [4.78, 5) is 34.4. The van der Waals surface area contributed by atoms with Crippen LogP contribution in [0.4, 0.5) is 8.78 Å². The van der Waals surface area contributed by atoms with Crippen molar-refractivity contribution in [1.29, 1.82) is 0 Å². The van der Waals surface area contributed by atoms with Crippen molar-refractivity contribution in [2.24, 2.45) is 0 Å². The second-order valence-electron chi connectivity index (χ2n) is 12.9. The zero-order valence-electron chi connectivity index (χ0n) is 26.2. The molecule has 3 heterocycles. The quantitative estimate of drug-likeness (QED) is 0.264. The molecule has 1 amide bonds. The predicted octanol–water partition coefficient (Wildman–Crippen LogP) is 7.01. The lowest BCUT2D eigenvalue weighted by molar-refractivity contribution is 0.0542. The molecule has 2 aromatic carbocycles. The van der Waals surface area contributed by atoms with E-state index in [2.05, 4.69) is 16.0 Å². The molecule has 1 aliphatic carbocycles. The van der Waals surface area contributed by atoms with Crippen molar-refractivity contribution in [2.45, 2.75) is 90.3 Å². The van der Waals surface area contributed by atoms with Gasteiger partial charge in [0.15, 0.2) is 0 Å². The van der Waals surface area contributed by atoms with Crippen molar-refractivity contribution < 1.29 is 28.2 Å². The van der Waals surface area contributed by atoms with E-state index in [9.17, 15) is 23.5 Å². The van der Waals surface area contributed by atoms with Crippen molar-refractivity contribution in [2.75, 3.05) is 19.6 Å². The van der Waals surface area contributed by atoms with Gasteiger partial charge < -0.3 is 14.7 Å². The minimum Gasteiger partial charge on any atom is -0.491 e. The number of aromatic nitrogens is 1. The fourth-order valence-electron chi connectivity index (χ4n) is 6.85. The molecule has 9 heteroatoms. The van der Waals surface area contributed by atoms with Crippen LogP contribution in [0.5, 0.6) is 5.75 Å². The van der Waals surface area contributed by atoms with Gasteiger partial charge in [-0.25, -0.2) is 13.6 Å². The summed E-state index contributed by atoms with van der Waals surface area (Å²) in [5.74, 6) is -1.28. The third-order valence-electron chi connectivity index (χ3n) is 9.20. The summed E-state index contributed by atoms with van der Waals surface area (Å²) < 4.78 is 34.9. The van der Waals surface area contributed by atoms with Gasteiger partial charge in [-0.05, 0) is 93.3 Å². The van der Waals surface area contributed by atoms with Crippen LogP contribution in [0.3, 0.4) is 0 Å². The summed E-state index contributed by atoms with van der Waals surface area (Å²) >= 11 is 0. The maximum atomic E-state index is 14.9. The number of hydrogen-bond acceptors (Lipinski definition) is 5. The van der Waals surface area contributed by atoms with E-state index in [1.165, 1.54) is 18.2 Å². The minimum atomic E-state index is -1.05. The van der Waals surface area contributed by atoms with Gasteiger partial charge in [0.25, 0.3) is 5.91 Å². The largest absolute Gasteiger partial charge is 0.491 e. The van der Waals surface area contributed by atoms with Crippen molar-refractivity contribution in [3.8, 4) is 16.9 Å². The highest BCUT2D eigenvalue weighted by Gasteiger charge is 2.35. The average Bonchev–Trinajstić information content (AvgIpc) is 3.84. The van der Waals surface area contributed by atoms with Gasteiger partial charge in [0.2, 0.25) is 0 Å². The number of halogens is 2. The Hall–Kier alpha value is -3.85. The Labute approximate surface area is 263 Å². The van der Waals surface area contributed by atoms with Crippen LogP contribution in [0.2, 0.25) is 0 Å². The van der Waals surface area contributed by atoms with E-state index in [1.807, 2.05) is 31.7 Å². The van der Waals surface area contributed by atoms with Gasteiger partial charge in [-0.1, -0.05) is 13.3 Å². The Morgan fingerprint density at radius 3 is 2.42 bits per heavy atom. The van der Waals surface area contributed by atoms with Crippen molar-refractivity contribution in [3.05, 3.63) is 81.7 Å². The fourth-order valence-corrected chi connectivity index (χ4v) is 6.85. The number of carboxylic acid groups (broad SMARTS) is 1. The van der Waals surface area contributed by atoms with Gasteiger partial charge in [-0.3, -0.25) is 14.7 Å². The van der Waals surface area contributed by atoms with Crippen molar-refractivity contribution in [3.63, 3.8) is 0 Å². The highest BCUT2D eigenvalue weighted by molar-refractivity contribution is 5.99. The molecule has 3 aliphatic rings. The highest BCUT2D eigenvalue weighted by Crippen LogP contribution is 2.47. The Bertz CT molecular complexity index is 1610. The molecule has 0 unspecified atom stereocenters. The van der Waals surface area contributed by atoms with Crippen LogP contribution in [-0.4, -0.2) is 63.5 Å². The first-order valence-corrected chi connectivity index (χ1v) is 16.2. The van der Waals surface area contributed by atoms with E-state index < -0.39 is 17.6 Å². The lowest BCUT2D eigenvalue weighted by Crippen LogP contribution is -2.50. The second kappa shape index (κ2) is 12.9. The van der Waals surface area contributed by atoms with Gasteiger partial charge in [-0.2, -0.15) is 0 Å². The molecule has 0 bridgehead atoms. The lowest BCUT2D eigenvalue weighted by Gasteiger charge is -2.40. The molecule has 2 fully saturated rings. The van der Waals surface area contributed by atoms with Crippen LogP contribution < -0.4 is 4.74 Å². The van der Waals surface area contributed by atoms with E-state index in [4.69, 9.17) is 4.74 Å². The van der Waals surface area contributed by atoms with E-state index in [0.717, 1.165) is 68.0 Å². The monoisotopic (exact) mass is 617 g/mol. The maximum Gasteiger partial charge on any atom is 0.337 e. The molecule has 1 N–H and O–H groups in total. The number of carbonyl (C=O) groups excluding carboxylic acids is 1. The van der Waals surface area contributed by atoms with E-state index in [0.29, 0.717) is 60.1 Å². The van der Waals surface area contributed by atoms with E-state index in [1.54, 1.807) is 0 Å². The van der Waals surface area contributed by atoms with Crippen LogP contribution in [0.1, 0.15) is 102 Å². The number of carboxylic acids is 1. The average molecular weight is 618 g/mol. The number of carbonyl (C=O) groups is 2. The summed E-state index contributed by atoms with van der Waals surface area (Å²) in [6, 6.07) is 9.44. The number of aryl methyl sites for hydroxylation is 1. The smallest absolute Gasteiger partial charge is 0.337 e. The second-order valence-corrected chi connectivity index (χ2v) is 12.9. The molecule has 45 heavy (non-hydrogen) atoms. The Morgan fingerprint density at radius 2 is 1.78 bits per heavy atom. The highest BCUT2D eigenvalue weighted by atomic mass is 19.1. The normalized spacial score (nSPS) is 17.6. The number of ether oxygens (including phenoxy) is 1. The van der Waals surface area contributed by atoms with Crippen LogP contribution in [0.25, 0.3) is 11.1 Å². The van der Waals surface area contributed by atoms with Gasteiger partial charge in [0.1, 0.15) is 17.4 Å². The van der Waals surface area contributed by atoms with Gasteiger partial charge in [-0.15, -0.1) is 0 Å². The zero-order valence-corrected chi connectivity index (χ0v) is 26.2. The number of pyridine rings is 1. The molecule has 1 aromatic heterocycles. The van der Waals surface area contributed by atoms with Crippen molar-refractivity contribution in [1.82, 2.24) is 14.8 Å². The minimum absolute atomic E-state index is 0.0720. The Balaban J connectivity index is 1.19. The number of likely N-dealkylation sites (tertiary alicyclic amines) is 1. The van der Waals surface area contributed by atoms with Crippen molar-refractivity contribution >= 4 is 11.9 Å². The summed E-state index contributed by atoms with van der Waals surface area (Å²) in [6.07, 6.45) is 5.61. The molecular formula is C36H41F2N3O4. The van der Waals surface area contributed by atoms with Crippen LogP contribution in [0, 0.1) is 11.6 Å². The summed E-state index contributed by atoms with van der Waals surface area (Å²) in [5, 5.41) is 9.75.